The van der Waals surface area contributed by atoms with Crippen LogP contribution >= 0.6 is 0 Å². The quantitative estimate of drug-likeness (QED) is 0.594. The molecule has 2 amide bonds. The molecule has 0 fully saturated rings. The number of furan rings is 1. The fourth-order valence-corrected chi connectivity index (χ4v) is 1.90. The zero-order valence-electron chi connectivity index (χ0n) is 13.5. The molecule has 24 heavy (non-hydrogen) atoms. The topological polar surface area (TPSA) is 92.9 Å². The van der Waals surface area contributed by atoms with Crippen LogP contribution in [0, 0.1) is 0 Å². The molecule has 0 aliphatic carbocycles. The Hall–Kier alpha value is -3.09. The zero-order chi connectivity index (χ0) is 17.4. The Morgan fingerprint density at radius 2 is 1.92 bits per heavy atom. The summed E-state index contributed by atoms with van der Waals surface area (Å²) < 4.78 is 10.2. The lowest BCUT2D eigenvalue weighted by atomic mass is 10.1. The molecule has 1 aromatic carbocycles. The van der Waals surface area contributed by atoms with Gasteiger partial charge in [-0.1, -0.05) is 12.1 Å². The van der Waals surface area contributed by atoms with Gasteiger partial charge in [0.25, 0.3) is 5.91 Å². The average Bonchev–Trinajstić information content (AvgIpc) is 3.13. The van der Waals surface area contributed by atoms with Gasteiger partial charge in [0.1, 0.15) is 17.2 Å². The molecular formula is C17H19N3O4. The van der Waals surface area contributed by atoms with Crippen molar-refractivity contribution in [2.45, 2.75) is 13.3 Å². The minimum atomic E-state index is -0.413. The van der Waals surface area contributed by atoms with Gasteiger partial charge in [0.15, 0.2) is 0 Å². The average molecular weight is 329 g/mol. The summed E-state index contributed by atoms with van der Waals surface area (Å²) in [7, 11) is 1.58. The summed E-state index contributed by atoms with van der Waals surface area (Å²) >= 11 is 0. The van der Waals surface area contributed by atoms with Crippen molar-refractivity contribution in [2.24, 2.45) is 5.10 Å². The number of hydrogen-bond donors (Lipinski definition) is 2. The van der Waals surface area contributed by atoms with E-state index in [2.05, 4.69) is 15.8 Å². The van der Waals surface area contributed by atoms with E-state index >= 15 is 0 Å². The van der Waals surface area contributed by atoms with Crippen LogP contribution in [0.4, 0.5) is 0 Å². The molecule has 1 aromatic heterocycles. The molecule has 2 rings (SSSR count). The van der Waals surface area contributed by atoms with Gasteiger partial charge < -0.3 is 14.5 Å². The number of benzene rings is 1. The van der Waals surface area contributed by atoms with E-state index in [-0.39, 0.29) is 18.9 Å². The molecule has 0 atom stereocenters. The molecule has 1 heterocycles. The van der Waals surface area contributed by atoms with Crippen LogP contribution in [0.25, 0.3) is 0 Å². The first-order chi connectivity index (χ1) is 11.6. The Morgan fingerprint density at radius 1 is 1.17 bits per heavy atom. The van der Waals surface area contributed by atoms with E-state index in [0.717, 1.165) is 11.3 Å². The molecule has 7 nitrogen and oxygen atoms in total. The van der Waals surface area contributed by atoms with Gasteiger partial charge in [-0.05, 0) is 36.8 Å². The molecule has 0 radical (unpaired) electrons. The maximum Gasteiger partial charge on any atom is 0.259 e. The van der Waals surface area contributed by atoms with Crippen LogP contribution in [0.3, 0.4) is 0 Å². The second kappa shape index (κ2) is 8.52. The van der Waals surface area contributed by atoms with Crippen LogP contribution in [0.15, 0.2) is 52.2 Å². The van der Waals surface area contributed by atoms with Crippen LogP contribution < -0.4 is 15.5 Å². The van der Waals surface area contributed by atoms with Gasteiger partial charge in [-0.25, -0.2) is 5.43 Å². The fraction of sp³-hybridized carbons (Fsp3) is 0.235. The van der Waals surface area contributed by atoms with E-state index in [4.69, 9.17) is 9.15 Å². The van der Waals surface area contributed by atoms with Crippen LogP contribution in [-0.4, -0.2) is 31.2 Å². The molecule has 0 bridgehead atoms. The van der Waals surface area contributed by atoms with Crippen LogP contribution in [-0.2, 0) is 16.0 Å². The molecule has 0 saturated carbocycles. The second-order valence-corrected chi connectivity index (χ2v) is 5.01. The molecule has 0 aliphatic rings. The van der Waals surface area contributed by atoms with E-state index in [1.807, 2.05) is 0 Å². The lowest BCUT2D eigenvalue weighted by Gasteiger charge is -2.06. The number of methoxy groups -OCH3 is 1. The lowest BCUT2D eigenvalue weighted by Crippen LogP contribution is -2.36. The third-order valence-corrected chi connectivity index (χ3v) is 3.20. The van der Waals surface area contributed by atoms with Gasteiger partial charge >= 0.3 is 0 Å². The number of carbonyl (C=O) groups is 2. The van der Waals surface area contributed by atoms with E-state index < -0.39 is 5.91 Å². The molecular weight excluding hydrogens is 310 g/mol. The van der Waals surface area contributed by atoms with Gasteiger partial charge in [0.05, 0.1) is 26.3 Å². The lowest BCUT2D eigenvalue weighted by molar-refractivity contribution is -0.125. The summed E-state index contributed by atoms with van der Waals surface area (Å²) in [6, 6.07) is 10.6. The highest BCUT2D eigenvalue weighted by Crippen LogP contribution is 2.11. The minimum Gasteiger partial charge on any atom is -0.497 e. The third kappa shape index (κ3) is 5.28. The number of hydrazone groups is 1. The SMILES string of the molecule is COc1ccc(CC(=O)NCC(=O)N/N=C(\C)c2ccco2)cc1. The Labute approximate surface area is 139 Å². The van der Waals surface area contributed by atoms with Crippen LogP contribution in [0.1, 0.15) is 18.2 Å². The Bertz CT molecular complexity index is 706. The second-order valence-electron chi connectivity index (χ2n) is 5.01. The summed E-state index contributed by atoms with van der Waals surface area (Å²) in [5, 5.41) is 6.45. The van der Waals surface area contributed by atoms with E-state index in [0.29, 0.717) is 11.5 Å². The third-order valence-electron chi connectivity index (χ3n) is 3.20. The maximum absolute atomic E-state index is 11.8. The normalized spacial score (nSPS) is 11.0. The van der Waals surface area contributed by atoms with Crippen molar-refractivity contribution >= 4 is 17.5 Å². The molecule has 126 valence electrons. The zero-order valence-corrected chi connectivity index (χ0v) is 13.5. The number of ether oxygens (including phenoxy) is 1. The number of amides is 2. The Balaban J connectivity index is 1.74. The molecule has 2 aromatic rings. The van der Waals surface area contributed by atoms with Crippen LogP contribution in [0.2, 0.25) is 0 Å². The van der Waals surface area contributed by atoms with Crippen molar-refractivity contribution < 1.29 is 18.7 Å². The largest absolute Gasteiger partial charge is 0.497 e. The smallest absolute Gasteiger partial charge is 0.259 e. The summed E-state index contributed by atoms with van der Waals surface area (Å²) in [5.41, 5.74) is 3.74. The molecule has 2 N–H and O–H groups in total. The number of nitrogens with one attached hydrogen (secondary N) is 2. The Morgan fingerprint density at radius 3 is 2.54 bits per heavy atom. The van der Waals surface area contributed by atoms with E-state index in [1.165, 1.54) is 6.26 Å². The molecule has 7 heteroatoms. The van der Waals surface area contributed by atoms with Gasteiger partial charge in [-0.3, -0.25) is 9.59 Å². The monoisotopic (exact) mass is 329 g/mol. The first-order valence-electron chi connectivity index (χ1n) is 7.35. The number of carbonyl (C=O) groups excluding carboxylic acids is 2. The van der Waals surface area contributed by atoms with Crippen molar-refractivity contribution in [2.75, 3.05) is 13.7 Å². The molecule has 0 unspecified atom stereocenters. The summed E-state index contributed by atoms with van der Waals surface area (Å²) in [6.07, 6.45) is 1.71. The highest BCUT2D eigenvalue weighted by Gasteiger charge is 2.07. The fourth-order valence-electron chi connectivity index (χ4n) is 1.90. The summed E-state index contributed by atoms with van der Waals surface area (Å²) in [6.45, 7) is 1.56. The highest BCUT2D eigenvalue weighted by atomic mass is 16.5. The van der Waals surface area contributed by atoms with Gasteiger partial charge in [0.2, 0.25) is 5.91 Å². The predicted molar refractivity (Wildman–Crippen MR) is 88.8 cm³/mol. The van der Waals surface area contributed by atoms with Crippen molar-refractivity contribution in [3.05, 3.63) is 54.0 Å². The predicted octanol–water partition coefficient (Wildman–Crippen LogP) is 1.49. The Kier molecular flexibility index (Phi) is 6.13. The standard InChI is InChI=1S/C17H19N3O4/c1-12(15-4-3-9-24-15)19-20-17(22)11-18-16(21)10-13-5-7-14(23-2)8-6-13/h3-9H,10-11H2,1-2H3,(H,18,21)(H,20,22)/b19-12+. The highest BCUT2D eigenvalue weighted by molar-refractivity contribution is 5.97. The molecule has 0 spiro atoms. The van der Waals surface area contributed by atoms with Gasteiger partial charge in [-0.15, -0.1) is 0 Å². The summed E-state index contributed by atoms with van der Waals surface area (Å²) in [4.78, 5) is 23.5. The van der Waals surface area contributed by atoms with Crippen molar-refractivity contribution in [3.63, 3.8) is 0 Å². The van der Waals surface area contributed by atoms with Gasteiger partial charge in [-0.2, -0.15) is 5.10 Å². The van der Waals surface area contributed by atoms with Crippen molar-refractivity contribution in [1.82, 2.24) is 10.7 Å². The summed E-state index contributed by atoms with van der Waals surface area (Å²) in [5.74, 6) is 0.633. The minimum absolute atomic E-state index is 0.149. The maximum atomic E-state index is 11.8. The number of rotatable bonds is 7. The van der Waals surface area contributed by atoms with Crippen molar-refractivity contribution in [1.29, 1.82) is 0 Å². The van der Waals surface area contributed by atoms with E-state index in [1.54, 1.807) is 50.4 Å². The molecule has 0 aliphatic heterocycles. The molecule has 0 saturated heterocycles. The number of nitrogens with zero attached hydrogens (tertiary/aromatic N) is 1. The first-order valence-corrected chi connectivity index (χ1v) is 7.35. The van der Waals surface area contributed by atoms with E-state index in [9.17, 15) is 9.59 Å². The van der Waals surface area contributed by atoms with Crippen LogP contribution in [0.5, 0.6) is 5.75 Å². The number of hydrogen-bond acceptors (Lipinski definition) is 5. The first kappa shape index (κ1) is 17.3. The van der Waals surface area contributed by atoms with Gasteiger partial charge in [0, 0.05) is 0 Å². The van der Waals surface area contributed by atoms with Crippen molar-refractivity contribution in [3.8, 4) is 5.75 Å².